The normalized spacial score (nSPS) is 20.3. The number of nitrogens with one attached hydrogen (secondary N) is 2. The van der Waals surface area contributed by atoms with Gasteiger partial charge in [0.15, 0.2) is 0 Å². The summed E-state index contributed by atoms with van der Waals surface area (Å²) in [6.45, 7) is 1.76. The van der Waals surface area contributed by atoms with Crippen molar-refractivity contribution in [3.8, 4) is 0 Å². The lowest BCUT2D eigenvalue weighted by atomic mass is 9.84. The third-order valence-corrected chi connectivity index (χ3v) is 2.26. The molecule has 0 aromatic carbocycles. The number of carbonyl (C=O) groups is 3. The second-order valence-corrected chi connectivity index (χ2v) is 3.31. The van der Waals surface area contributed by atoms with Crippen LogP contribution in [0.2, 0.25) is 0 Å². The van der Waals surface area contributed by atoms with Gasteiger partial charge >= 0.3 is 6.03 Å². The van der Waals surface area contributed by atoms with E-state index in [-0.39, 0.29) is 13.0 Å². The molecule has 1 aliphatic heterocycles. The van der Waals surface area contributed by atoms with Crippen molar-refractivity contribution in [3.63, 3.8) is 0 Å². The van der Waals surface area contributed by atoms with Crippen LogP contribution in [0.5, 0.6) is 0 Å². The van der Waals surface area contributed by atoms with Crippen molar-refractivity contribution in [2.24, 2.45) is 5.41 Å². The van der Waals surface area contributed by atoms with Crippen molar-refractivity contribution in [1.82, 2.24) is 10.6 Å². The van der Waals surface area contributed by atoms with Crippen molar-refractivity contribution in [2.75, 3.05) is 13.7 Å². The molecule has 0 bridgehead atoms. The van der Waals surface area contributed by atoms with Gasteiger partial charge in [-0.2, -0.15) is 0 Å². The molecule has 0 radical (unpaired) electrons. The minimum Gasteiger partial charge on any atom is -0.385 e. The molecule has 2 N–H and O–H groups in total. The molecule has 0 aromatic rings. The standard InChI is InChI=1S/C8H12N2O4/c1-8(3-4-14-2)5(11)9-7(13)10-6(8)12/h3-4H2,1-2H3,(H2,9,10,11,12,13). The molecule has 1 fully saturated rings. The first-order valence-corrected chi connectivity index (χ1v) is 4.16. The molecule has 4 amide bonds. The molecule has 0 atom stereocenters. The first-order valence-electron chi connectivity index (χ1n) is 4.16. The number of imide groups is 2. The first kappa shape index (κ1) is 10.6. The Morgan fingerprint density at radius 1 is 1.21 bits per heavy atom. The SMILES string of the molecule is COCCC1(C)C(=O)NC(=O)NC1=O. The lowest BCUT2D eigenvalue weighted by Crippen LogP contribution is -2.61. The van der Waals surface area contributed by atoms with E-state index >= 15 is 0 Å². The Hall–Kier alpha value is -1.43. The minimum atomic E-state index is -1.22. The number of hydrogen-bond acceptors (Lipinski definition) is 4. The summed E-state index contributed by atoms with van der Waals surface area (Å²) in [7, 11) is 1.48. The molecule has 6 heteroatoms. The molecule has 0 aliphatic carbocycles. The Morgan fingerprint density at radius 2 is 1.71 bits per heavy atom. The van der Waals surface area contributed by atoms with Gasteiger partial charge in [-0.1, -0.05) is 0 Å². The molecule has 0 aromatic heterocycles. The van der Waals surface area contributed by atoms with Crippen LogP contribution >= 0.6 is 0 Å². The molecule has 1 heterocycles. The van der Waals surface area contributed by atoms with E-state index in [0.717, 1.165) is 0 Å². The van der Waals surface area contributed by atoms with E-state index in [1.165, 1.54) is 14.0 Å². The summed E-state index contributed by atoms with van der Waals surface area (Å²) < 4.78 is 4.79. The second kappa shape index (κ2) is 3.75. The van der Waals surface area contributed by atoms with Crippen molar-refractivity contribution in [2.45, 2.75) is 13.3 Å². The van der Waals surface area contributed by atoms with E-state index < -0.39 is 23.3 Å². The number of ether oxygens (including phenoxy) is 1. The van der Waals surface area contributed by atoms with Crippen LogP contribution in [0.3, 0.4) is 0 Å². The number of barbiturate groups is 1. The maximum atomic E-state index is 11.4. The number of amides is 4. The second-order valence-electron chi connectivity index (χ2n) is 3.31. The molecular weight excluding hydrogens is 188 g/mol. The number of carbonyl (C=O) groups excluding carboxylic acids is 3. The Labute approximate surface area is 81.0 Å². The summed E-state index contributed by atoms with van der Waals surface area (Å²) in [5.41, 5.74) is -1.22. The summed E-state index contributed by atoms with van der Waals surface area (Å²) in [5.74, 6) is -1.16. The monoisotopic (exact) mass is 200 g/mol. The third kappa shape index (κ3) is 1.74. The van der Waals surface area contributed by atoms with Crippen molar-refractivity contribution >= 4 is 17.8 Å². The fourth-order valence-corrected chi connectivity index (χ4v) is 1.15. The Bertz CT molecular complexity index is 267. The van der Waals surface area contributed by atoms with Gasteiger partial charge in [0, 0.05) is 13.7 Å². The number of urea groups is 1. The maximum Gasteiger partial charge on any atom is 0.328 e. The predicted molar refractivity (Wildman–Crippen MR) is 46.3 cm³/mol. The highest BCUT2D eigenvalue weighted by Gasteiger charge is 2.45. The molecule has 78 valence electrons. The van der Waals surface area contributed by atoms with Crippen LogP contribution < -0.4 is 10.6 Å². The largest absolute Gasteiger partial charge is 0.385 e. The molecule has 0 saturated carbocycles. The Balaban J connectivity index is 2.79. The molecule has 1 aliphatic rings. The van der Waals surface area contributed by atoms with Crippen LogP contribution in [0.25, 0.3) is 0 Å². The number of rotatable bonds is 3. The Kier molecular flexibility index (Phi) is 2.85. The highest BCUT2D eigenvalue weighted by molar-refractivity contribution is 6.18. The van der Waals surface area contributed by atoms with Crippen molar-refractivity contribution in [1.29, 1.82) is 0 Å². The summed E-state index contributed by atoms with van der Waals surface area (Å²) >= 11 is 0. The van der Waals surface area contributed by atoms with Gasteiger partial charge < -0.3 is 4.74 Å². The van der Waals surface area contributed by atoms with Gasteiger partial charge in [-0.15, -0.1) is 0 Å². The summed E-state index contributed by atoms with van der Waals surface area (Å²) in [6.07, 6.45) is 0.244. The van der Waals surface area contributed by atoms with E-state index in [4.69, 9.17) is 4.74 Å². The van der Waals surface area contributed by atoms with Crippen molar-refractivity contribution in [3.05, 3.63) is 0 Å². The fourth-order valence-electron chi connectivity index (χ4n) is 1.15. The fraction of sp³-hybridized carbons (Fsp3) is 0.625. The molecular formula is C8H12N2O4. The topological polar surface area (TPSA) is 84.5 Å². The van der Waals surface area contributed by atoms with Gasteiger partial charge in [0.25, 0.3) is 0 Å². The minimum absolute atomic E-state index is 0.244. The van der Waals surface area contributed by atoms with Crippen LogP contribution in [-0.2, 0) is 14.3 Å². The lowest BCUT2D eigenvalue weighted by molar-refractivity contribution is -0.144. The first-order chi connectivity index (χ1) is 6.50. The smallest absolute Gasteiger partial charge is 0.328 e. The van der Waals surface area contributed by atoms with Gasteiger partial charge in [-0.25, -0.2) is 4.79 Å². The van der Waals surface area contributed by atoms with Crippen LogP contribution in [0.4, 0.5) is 4.79 Å². The van der Waals surface area contributed by atoms with Crippen LogP contribution in [-0.4, -0.2) is 31.6 Å². The van der Waals surface area contributed by atoms with E-state index in [0.29, 0.717) is 0 Å². The van der Waals surface area contributed by atoms with E-state index in [1.54, 1.807) is 0 Å². The van der Waals surface area contributed by atoms with Gasteiger partial charge in [0.2, 0.25) is 11.8 Å². The predicted octanol–water partition coefficient (Wildman–Crippen LogP) is -0.605. The molecule has 0 unspecified atom stereocenters. The Morgan fingerprint density at radius 3 is 2.14 bits per heavy atom. The molecule has 1 saturated heterocycles. The van der Waals surface area contributed by atoms with Crippen LogP contribution in [0, 0.1) is 5.41 Å². The van der Waals surface area contributed by atoms with E-state index in [2.05, 4.69) is 0 Å². The van der Waals surface area contributed by atoms with E-state index in [1.807, 2.05) is 10.6 Å². The molecule has 1 rings (SSSR count). The summed E-state index contributed by atoms with van der Waals surface area (Å²) in [5, 5.41) is 4.09. The van der Waals surface area contributed by atoms with Crippen LogP contribution in [0.1, 0.15) is 13.3 Å². The maximum absolute atomic E-state index is 11.4. The quantitative estimate of drug-likeness (QED) is 0.595. The summed E-state index contributed by atoms with van der Waals surface area (Å²) in [4.78, 5) is 33.5. The number of methoxy groups -OCH3 is 1. The average Bonchev–Trinajstić information content (AvgIpc) is 2.11. The van der Waals surface area contributed by atoms with E-state index in [9.17, 15) is 14.4 Å². The third-order valence-electron chi connectivity index (χ3n) is 2.26. The van der Waals surface area contributed by atoms with Gasteiger partial charge in [-0.3, -0.25) is 20.2 Å². The van der Waals surface area contributed by atoms with Crippen LogP contribution in [0.15, 0.2) is 0 Å². The zero-order valence-electron chi connectivity index (χ0n) is 8.05. The number of hydrogen-bond donors (Lipinski definition) is 2. The molecule has 14 heavy (non-hydrogen) atoms. The molecule has 0 spiro atoms. The molecule has 6 nitrogen and oxygen atoms in total. The lowest BCUT2D eigenvalue weighted by Gasteiger charge is -2.29. The van der Waals surface area contributed by atoms with Gasteiger partial charge in [0.05, 0.1) is 0 Å². The van der Waals surface area contributed by atoms with Gasteiger partial charge in [-0.05, 0) is 13.3 Å². The van der Waals surface area contributed by atoms with Crippen molar-refractivity contribution < 1.29 is 19.1 Å². The zero-order chi connectivity index (χ0) is 10.8. The highest BCUT2D eigenvalue weighted by atomic mass is 16.5. The van der Waals surface area contributed by atoms with Gasteiger partial charge in [0.1, 0.15) is 5.41 Å². The zero-order valence-corrected chi connectivity index (χ0v) is 8.05. The average molecular weight is 200 g/mol. The highest BCUT2D eigenvalue weighted by Crippen LogP contribution is 2.23. The summed E-state index contributed by atoms with van der Waals surface area (Å²) in [6, 6.07) is -0.769.